The number of nitrogens with zero attached hydrogens (tertiary/aromatic N) is 3. The second kappa shape index (κ2) is 6.88. The Morgan fingerprint density at radius 1 is 1.15 bits per heavy atom. The molecule has 1 aromatic carbocycles. The molecule has 1 aliphatic heterocycles. The fraction of sp³-hybridized carbons (Fsp3) is 0.381. The van der Waals surface area contributed by atoms with Crippen molar-refractivity contribution in [1.82, 2.24) is 9.97 Å². The molecule has 2 heterocycles. The van der Waals surface area contributed by atoms with Gasteiger partial charge in [-0.1, -0.05) is 43.8 Å². The molecule has 0 spiro atoms. The number of carbonyl (C=O) groups is 1. The van der Waals surface area contributed by atoms with Gasteiger partial charge in [-0.2, -0.15) is 0 Å². The largest absolute Gasteiger partial charge is 0.347 e. The first-order valence-electron chi connectivity index (χ1n) is 8.74. The minimum absolute atomic E-state index is 0.0808. The van der Waals surface area contributed by atoms with Gasteiger partial charge in [0.25, 0.3) is 0 Å². The maximum Gasteiger partial charge on any atom is 0.188 e. The number of ketones is 1. The maximum atomic E-state index is 12.6. The second-order valence-electron chi connectivity index (χ2n) is 7.29. The van der Waals surface area contributed by atoms with Crippen LogP contribution in [-0.2, 0) is 10.2 Å². The van der Waals surface area contributed by atoms with Crippen molar-refractivity contribution in [3.8, 4) is 0 Å². The molecule has 1 aromatic heterocycles. The molecule has 0 unspecified atom stereocenters. The molecule has 0 saturated carbocycles. The molecular formula is C21H25N3OS. The normalized spacial score (nSPS) is 16.8. The first kappa shape index (κ1) is 18.6. The highest BCUT2D eigenvalue weighted by Crippen LogP contribution is 2.46. The molecular weight excluding hydrogens is 342 g/mol. The van der Waals surface area contributed by atoms with E-state index >= 15 is 0 Å². The Kier molecular flexibility index (Phi) is 4.93. The summed E-state index contributed by atoms with van der Waals surface area (Å²) in [5, 5.41) is 0.666. The molecule has 0 amide bonds. The fourth-order valence-electron chi connectivity index (χ4n) is 3.39. The van der Waals surface area contributed by atoms with Crippen LogP contribution in [0.5, 0.6) is 0 Å². The zero-order chi connectivity index (χ0) is 19.1. The van der Waals surface area contributed by atoms with Crippen LogP contribution in [0.1, 0.15) is 36.4 Å². The Morgan fingerprint density at radius 2 is 1.77 bits per heavy atom. The molecule has 3 rings (SSSR count). The van der Waals surface area contributed by atoms with E-state index in [-0.39, 0.29) is 11.2 Å². The zero-order valence-electron chi connectivity index (χ0n) is 16.3. The summed E-state index contributed by atoms with van der Waals surface area (Å²) in [7, 11) is 2.02. The van der Waals surface area contributed by atoms with Crippen LogP contribution in [0, 0.1) is 20.8 Å². The number of benzene rings is 1. The van der Waals surface area contributed by atoms with Crippen LogP contribution in [-0.4, -0.2) is 28.6 Å². The van der Waals surface area contributed by atoms with Crippen molar-refractivity contribution in [2.24, 2.45) is 0 Å². The fourth-order valence-corrected chi connectivity index (χ4v) is 4.15. The predicted octanol–water partition coefficient (Wildman–Crippen LogP) is 4.37. The van der Waals surface area contributed by atoms with Gasteiger partial charge >= 0.3 is 0 Å². The van der Waals surface area contributed by atoms with E-state index in [4.69, 9.17) is 0 Å². The summed E-state index contributed by atoms with van der Waals surface area (Å²) in [4.78, 5) is 23.7. The average Bonchev–Trinajstić information content (AvgIpc) is 2.79. The van der Waals surface area contributed by atoms with Gasteiger partial charge in [-0.25, -0.2) is 9.97 Å². The van der Waals surface area contributed by atoms with Gasteiger partial charge in [0, 0.05) is 41.3 Å². The van der Waals surface area contributed by atoms with Crippen molar-refractivity contribution in [1.29, 1.82) is 0 Å². The van der Waals surface area contributed by atoms with E-state index < -0.39 is 0 Å². The Labute approximate surface area is 159 Å². The summed E-state index contributed by atoms with van der Waals surface area (Å²) in [5.41, 5.74) is 6.31. The van der Waals surface area contributed by atoms with Crippen LogP contribution in [0.4, 0.5) is 5.69 Å². The summed E-state index contributed by atoms with van der Waals surface area (Å²) in [5.74, 6) is 0.420. The molecule has 0 radical (unpaired) electrons. The predicted molar refractivity (Wildman–Crippen MR) is 108 cm³/mol. The third-order valence-corrected chi connectivity index (χ3v) is 6.06. The molecule has 26 heavy (non-hydrogen) atoms. The number of anilines is 1. The molecule has 1 aliphatic rings. The number of para-hydroxylation sites is 1. The van der Waals surface area contributed by atoms with Crippen LogP contribution in [0.2, 0.25) is 0 Å². The highest BCUT2D eigenvalue weighted by Gasteiger charge is 2.38. The monoisotopic (exact) mass is 367 g/mol. The molecule has 0 aliphatic carbocycles. The molecule has 2 aromatic rings. The van der Waals surface area contributed by atoms with Crippen LogP contribution in [0.3, 0.4) is 0 Å². The van der Waals surface area contributed by atoms with Gasteiger partial charge in [0.05, 0.1) is 5.75 Å². The van der Waals surface area contributed by atoms with Gasteiger partial charge in [-0.05, 0) is 38.0 Å². The summed E-state index contributed by atoms with van der Waals surface area (Å²) in [6, 6.07) is 8.32. The van der Waals surface area contributed by atoms with E-state index in [2.05, 4.69) is 46.9 Å². The SMILES string of the molecule is Cc1nc(SCC(=O)/C=C2/N(C)c3ccccc3C2(C)C)nc(C)c1C. The van der Waals surface area contributed by atoms with Crippen molar-refractivity contribution >= 4 is 23.2 Å². The van der Waals surface area contributed by atoms with Crippen molar-refractivity contribution < 1.29 is 4.79 Å². The summed E-state index contributed by atoms with van der Waals surface area (Å²) >= 11 is 1.40. The third-order valence-electron chi connectivity index (χ3n) is 5.19. The topological polar surface area (TPSA) is 46.1 Å². The Bertz CT molecular complexity index is 879. The lowest BCUT2D eigenvalue weighted by molar-refractivity contribution is -0.112. The summed E-state index contributed by atoms with van der Waals surface area (Å²) in [6.45, 7) is 10.3. The van der Waals surface area contributed by atoms with E-state index in [1.165, 1.54) is 17.3 Å². The Hall–Kier alpha value is -2.14. The minimum atomic E-state index is -0.181. The number of aryl methyl sites for hydroxylation is 2. The highest BCUT2D eigenvalue weighted by molar-refractivity contribution is 7.99. The first-order valence-corrected chi connectivity index (χ1v) is 9.73. The average molecular weight is 368 g/mol. The van der Waals surface area contributed by atoms with Gasteiger partial charge in [0.1, 0.15) is 0 Å². The lowest BCUT2D eigenvalue weighted by Gasteiger charge is -2.23. The van der Waals surface area contributed by atoms with E-state index in [0.717, 1.165) is 28.3 Å². The third kappa shape index (κ3) is 3.28. The minimum Gasteiger partial charge on any atom is -0.347 e. The molecule has 0 bridgehead atoms. The number of allylic oxidation sites excluding steroid dienone is 2. The summed E-state index contributed by atoms with van der Waals surface area (Å²) in [6.07, 6.45) is 1.78. The molecule has 0 saturated heterocycles. The summed E-state index contributed by atoms with van der Waals surface area (Å²) < 4.78 is 0. The molecule has 136 valence electrons. The lowest BCUT2D eigenvalue weighted by Crippen LogP contribution is -2.24. The maximum absolute atomic E-state index is 12.6. The van der Waals surface area contributed by atoms with Gasteiger partial charge < -0.3 is 4.90 Å². The van der Waals surface area contributed by atoms with Crippen molar-refractivity contribution in [2.45, 2.75) is 45.2 Å². The smallest absolute Gasteiger partial charge is 0.188 e. The van der Waals surface area contributed by atoms with Gasteiger partial charge in [0.15, 0.2) is 10.9 Å². The molecule has 5 heteroatoms. The van der Waals surface area contributed by atoms with Crippen LogP contribution >= 0.6 is 11.8 Å². The molecule has 0 fully saturated rings. The molecule has 0 atom stereocenters. The van der Waals surface area contributed by atoms with Crippen LogP contribution < -0.4 is 4.90 Å². The van der Waals surface area contributed by atoms with Gasteiger partial charge in [-0.15, -0.1) is 0 Å². The van der Waals surface area contributed by atoms with Crippen LogP contribution in [0.15, 0.2) is 41.2 Å². The van der Waals surface area contributed by atoms with Crippen molar-refractivity contribution in [3.63, 3.8) is 0 Å². The number of hydrogen-bond acceptors (Lipinski definition) is 5. The zero-order valence-corrected chi connectivity index (χ0v) is 17.1. The number of aromatic nitrogens is 2. The molecule has 4 nitrogen and oxygen atoms in total. The van der Waals surface area contributed by atoms with Crippen LogP contribution in [0.25, 0.3) is 0 Å². The van der Waals surface area contributed by atoms with E-state index in [1.54, 1.807) is 6.08 Å². The van der Waals surface area contributed by atoms with E-state index in [9.17, 15) is 4.79 Å². The lowest BCUT2D eigenvalue weighted by atomic mass is 9.83. The number of thioether (sulfide) groups is 1. The Morgan fingerprint density at radius 3 is 2.38 bits per heavy atom. The van der Waals surface area contributed by atoms with Crippen molar-refractivity contribution in [2.75, 3.05) is 17.7 Å². The molecule has 0 N–H and O–H groups in total. The quantitative estimate of drug-likeness (QED) is 0.456. The standard InChI is InChI=1S/C21H25N3OS/c1-13-14(2)22-20(23-15(13)3)26-12-16(25)11-19-21(4,5)17-9-7-8-10-18(17)24(19)6/h7-11H,12H2,1-6H3/b19-11+. The number of hydrogen-bond donors (Lipinski definition) is 0. The second-order valence-corrected chi connectivity index (χ2v) is 8.23. The number of likely N-dealkylation sites (N-methyl/N-ethyl adjacent to an activating group) is 1. The van der Waals surface area contributed by atoms with Crippen molar-refractivity contribution in [3.05, 3.63) is 58.6 Å². The Balaban J connectivity index is 1.78. The highest BCUT2D eigenvalue weighted by atomic mass is 32.2. The van der Waals surface area contributed by atoms with E-state index in [0.29, 0.717) is 10.9 Å². The number of rotatable bonds is 4. The number of fused-ring (bicyclic) bond motifs is 1. The first-order chi connectivity index (χ1) is 12.2. The van der Waals surface area contributed by atoms with Gasteiger partial charge in [0.2, 0.25) is 0 Å². The van der Waals surface area contributed by atoms with Gasteiger partial charge in [-0.3, -0.25) is 4.79 Å². The number of carbonyl (C=O) groups excluding carboxylic acids is 1. The van der Waals surface area contributed by atoms with E-state index in [1.807, 2.05) is 33.9 Å².